The molecule has 0 aliphatic heterocycles. The van der Waals surface area contributed by atoms with Crippen molar-refractivity contribution in [1.82, 2.24) is 5.32 Å². The van der Waals surface area contributed by atoms with Crippen molar-refractivity contribution in [2.75, 3.05) is 7.05 Å². The van der Waals surface area contributed by atoms with Crippen LogP contribution in [-0.2, 0) is 0 Å². The van der Waals surface area contributed by atoms with Gasteiger partial charge in [-0.1, -0.05) is 13.8 Å². The Morgan fingerprint density at radius 1 is 1.00 bits per heavy atom. The van der Waals surface area contributed by atoms with Crippen molar-refractivity contribution < 1.29 is 5.11 Å². The van der Waals surface area contributed by atoms with Crippen LogP contribution in [0.15, 0.2) is 0 Å². The molecule has 0 aromatic rings. The summed E-state index contributed by atoms with van der Waals surface area (Å²) >= 11 is 0. The van der Waals surface area contributed by atoms with Gasteiger partial charge in [-0.25, -0.2) is 0 Å². The highest BCUT2D eigenvalue weighted by Crippen LogP contribution is 2.37. The second-order valence-corrected chi connectivity index (χ2v) is 5.75. The third-order valence-corrected chi connectivity index (χ3v) is 3.22. The van der Waals surface area contributed by atoms with Crippen LogP contribution in [0, 0.1) is 5.41 Å². The molecule has 2 nitrogen and oxygen atoms in total. The first kappa shape index (κ1) is 12.9. The molecule has 0 aromatic heterocycles. The average molecular weight is 187 g/mol. The van der Waals surface area contributed by atoms with Crippen LogP contribution < -0.4 is 5.32 Å². The van der Waals surface area contributed by atoms with Gasteiger partial charge in [0, 0.05) is 5.54 Å². The highest BCUT2D eigenvalue weighted by atomic mass is 16.3. The van der Waals surface area contributed by atoms with Crippen LogP contribution >= 0.6 is 0 Å². The Morgan fingerprint density at radius 3 is 1.62 bits per heavy atom. The lowest BCUT2D eigenvalue weighted by Gasteiger charge is -2.42. The maximum Gasteiger partial charge on any atom is 0.0643 e. The highest BCUT2D eigenvalue weighted by molar-refractivity contribution is 4.92. The SMILES string of the molecule is CNC(C)(C)CC(C)(C)C(C)(C)O. The quantitative estimate of drug-likeness (QED) is 0.707. The number of aliphatic hydroxyl groups is 1. The fourth-order valence-electron chi connectivity index (χ4n) is 1.41. The molecule has 0 atom stereocenters. The molecule has 0 aliphatic rings. The molecule has 0 unspecified atom stereocenters. The number of hydrogen-bond acceptors (Lipinski definition) is 2. The van der Waals surface area contributed by atoms with E-state index in [4.69, 9.17) is 0 Å². The predicted octanol–water partition coefficient (Wildman–Crippen LogP) is 2.17. The summed E-state index contributed by atoms with van der Waals surface area (Å²) in [7, 11) is 1.96. The van der Waals surface area contributed by atoms with Crippen molar-refractivity contribution in [2.45, 2.75) is 59.1 Å². The standard InChI is InChI=1S/C11H25NO/c1-9(2,11(5,6)13)8-10(3,4)12-7/h12-13H,8H2,1-7H3. The van der Waals surface area contributed by atoms with Crippen LogP contribution in [-0.4, -0.2) is 23.3 Å². The monoisotopic (exact) mass is 187 g/mol. The molecule has 0 amide bonds. The topological polar surface area (TPSA) is 32.3 Å². The molecule has 0 aromatic carbocycles. The van der Waals surface area contributed by atoms with E-state index in [1.807, 2.05) is 20.9 Å². The van der Waals surface area contributed by atoms with Crippen LogP contribution in [0.2, 0.25) is 0 Å². The van der Waals surface area contributed by atoms with Crippen LogP contribution in [0.1, 0.15) is 48.0 Å². The van der Waals surface area contributed by atoms with Gasteiger partial charge in [-0.2, -0.15) is 0 Å². The Morgan fingerprint density at radius 2 is 1.38 bits per heavy atom. The van der Waals surface area contributed by atoms with E-state index in [2.05, 4.69) is 33.0 Å². The summed E-state index contributed by atoms with van der Waals surface area (Å²) in [5.41, 5.74) is -0.649. The van der Waals surface area contributed by atoms with E-state index in [1.54, 1.807) is 0 Å². The molecule has 0 bridgehead atoms. The van der Waals surface area contributed by atoms with Gasteiger partial charge < -0.3 is 10.4 Å². The molecule has 80 valence electrons. The van der Waals surface area contributed by atoms with Gasteiger partial charge in [-0.05, 0) is 46.6 Å². The van der Waals surface area contributed by atoms with Crippen molar-refractivity contribution >= 4 is 0 Å². The van der Waals surface area contributed by atoms with Crippen molar-refractivity contribution in [3.63, 3.8) is 0 Å². The van der Waals surface area contributed by atoms with Gasteiger partial charge in [0.2, 0.25) is 0 Å². The molecule has 0 saturated heterocycles. The van der Waals surface area contributed by atoms with E-state index in [1.165, 1.54) is 0 Å². The summed E-state index contributed by atoms with van der Waals surface area (Å²) in [4.78, 5) is 0. The molecule has 0 heterocycles. The first-order valence-electron chi connectivity index (χ1n) is 4.93. The molecule has 0 radical (unpaired) electrons. The smallest absolute Gasteiger partial charge is 0.0643 e. The summed E-state index contributed by atoms with van der Waals surface area (Å²) < 4.78 is 0. The van der Waals surface area contributed by atoms with E-state index in [0.29, 0.717) is 0 Å². The maximum absolute atomic E-state index is 9.98. The Kier molecular flexibility index (Phi) is 3.56. The zero-order valence-electron chi connectivity index (χ0n) is 10.2. The number of hydrogen-bond donors (Lipinski definition) is 2. The maximum atomic E-state index is 9.98. The van der Waals surface area contributed by atoms with E-state index in [0.717, 1.165) is 6.42 Å². The highest BCUT2D eigenvalue weighted by Gasteiger charge is 2.38. The van der Waals surface area contributed by atoms with Crippen molar-refractivity contribution in [3.05, 3.63) is 0 Å². The molecule has 13 heavy (non-hydrogen) atoms. The fourth-order valence-corrected chi connectivity index (χ4v) is 1.41. The van der Waals surface area contributed by atoms with Crippen LogP contribution in [0.3, 0.4) is 0 Å². The van der Waals surface area contributed by atoms with Gasteiger partial charge in [-0.3, -0.25) is 0 Å². The Balaban J connectivity index is 4.52. The van der Waals surface area contributed by atoms with Gasteiger partial charge in [-0.15, -0.1) is 0 Å². The molecule has 0 fully saturated rings. The Hall–Kier alpha value is -0.0800. The molecular formula is C11H25NO. The molecule has 0 saturated carbocycles. The van der Waals surface area contributed by atoms with E-state index in [-0.39, 0.29) is 11.0 Å². The average Bonchev–Trinajstić information content (AvgIpc) is 1.83. The minimum absolute atomic E-state index is 0.0729. The Labute approximate surface area is 82.7 Å². The minimum atomic E-state index is -0.638. The van der Waals surface area contributed by atoms with Gasteiger partial charge in [0.25, 0.3) is 0 Å². The summed E-state index contributed by atoms with van der Waals surface area (Å²) in [5.74, 6) is 0. The third kappa shape index (κ3) is 3.65. The predicted molar refractivity (Wildman–Crippen MR) is 57.8 cm³/mol. The van der Waals surface area contributed by atoms with Crippen LogP contribution in [0.25, 0.3) is 0 Å². The molecule has 0 aliphatic carbocycles. The first-order valence-corrected chi connectivity index (χ1v) is 4.93. The van der Waals surface area contributed by atoms with Crippen LogP contribution in [0.4, 0.5) is 0 Å². The largest absolute Gasteiger partial charge is 0.390 e. The molecule has 0 rings (SSSR count). The number of nitrogens with one attached hydrogen (secondary N) is 1. The molecule has 2 heteroatoms. The van der Waals surface area contributed by atoms with Crippen LogP contribution in [0.5, 0.6) is 0 Å². The first-order chi connectivity index (χ1) is 5.52. The van der Waals surface area contributed by atoms with Gasteiger partial charge >= 0.3 is 0 Å². The number of rotatable bonds is 4. The second-order valence-electron chi connectivity index (χ2n) is 5.75. The van der Waals surface area contributed by atoms with Gasteiger partial charge in [0.15, 0.2) is 0 Å². The van der Waals surface area contributed by atoms with Crippen molar-refractivity contribution in [1.29, 1.82) is 0 Å². The summed E-state index contributed by atoms with van der Waals surface area (Å²) in [6, 6.07) is 0. The van der Waals surface area contributed by atoms with Crippen molar-refractivity contribution in [3.8, 4) is 0 Å². The minimum Gasteiger partial charge on any atom is -0.390 e. The molecular weight excluding hydrogens is 162 g/mol. The zero-order chi connectivity index (χ0) is 10.9. The lowest BCUT2D eigenvalue weighted by molar-refractivity contribution is -0.0503. The fraction of sp³-hybridized carbons (Fsp3) is 1.00. The normalized spacial score (nSPS) is 14.8. The summed E-state index contributed by atoms with van der Waals surface area (Å²) in [6.07, 6.45) is 0.944. The van der Waals surface area contributed by atoms with Gasteiger partial charge in [0.05, 0.1) is 5.60 Å². The second kappa shape index (κ2) is 3.58. The van der Waals surface area contributed by atoms with Gasteiger partial charge in [0.1, 0.15) is 0 Å². The summed E-state index contributed by atoms with van der Waals surface area (Å²) in [5, 5.41) is 13.2. The lowest BCUT2D eigenvalue weighted by Crippen LogP contribution is -2.48. The molecule has 2 N–H and O–H groups in total. The zero-order valence-corrected chi connectivity index (χ0v) is 10.2. The molecule has 0 spiro atoms. The van der Waals surface area contributed by atoms with E-state index in [9.17, 15) is 5.11 Å². The van der Waals surface area contributed by atoms with Crippen molar-refractivity contribution in [2.24, 2.45) is 5.41 Å². The van der Waals surface area contributed by atoms with E-state index < -0.39 is 5.60 Å². The Bertz CT molecular complexity index is 165. The third-order valence-electron chi connectivity index (χ3n) is 3.22. The van der Waals surface area contributed by atoms with E-state index >= 15 is 0 Å². The lowest BCUT2D eigenvalue weighted by atomic mass is 9.70. The summed E-state index contributed by atoms with van der Waals surface area (Å²) in [6.45, 7) is 12.3.